The topological polar surface area (TPSA) is 110 Å². The van der Waals surface area contributed by atoms with Gasteiger partial charge in [0.25, 0.3) is 0 Å². The van der Waals surface area contributed by atoms with E-state index in [2.05, 4.69) is 15.1 Å². The number of hydrogen-bond acceptors (Lipinski definition) is 7. The number of fused-ring (bicyclic) bond motifs is 1. The second kappa shape index (κ2) is 8.81. The van der Waals surface area contributed by atoms with Crippen LogP contribution in [-0.4, -0.2) is 9.97 Å². The van der Waals surface area contributed by atoms with E-state index in [1.807, 2.05) is 0 Å². The fraction of sp³-hybridized carbons (Fsp3) is 0.0909. The average molecular weight is 455 g/mol. The van der Waals surface area contributed by atoms with Crippen molar-refractivity contribution in [3.05, 3.63) is 87.4 Å². The van der Waals surface area contributed by atoms with Gasteiger partial charge in [-0.05, 0) is 35.9 Å². The highest BCUT2D eigenvalue weighted by molar-refractivity contribution is 6.31. The first-order chi connectivity index (χ1) is 15.4. The summed E-state index contributed by atoms with van der Waals surface area (Å²) >= 11 is 6.21. The molecule has 0 amide bonds. The number of anilines is 2. The van der Waals surface area contributed by atoms with E-state index in [0.717, 1.165) is 11.1 Å². The van der Waals surface area contributed by atoms with Gasteiger partial charge < -0.3 is 5.73 Å². The monoisotopic (exact) mass is 454 g/mol. The van der Waals surface area contributed by atoms with Crippen LogP contribution in [-0.2, 0) is 13.1 Å². The van der Waals surface area contributed by atoms with Gasteiger partial charge in [0.1, 0.15) is 18.2 Å². The van der Waals surface area contributed by atoms with Crippen molar-refractivity contribution in [2.45, 2.75) is 13.1 Å². The highest BCUT2D eigenvalue weighted by Crippen LogP contribution is 2.30. The van der Waals surface area contributed by atoms with Crippen LogP contribution in [0.3, 0.4) is 0 Å². The minimum absolute atomic E-state index is 0.0471. The Labute approximate surface area is 186 Å². The molecule has 162 valence electrons. The summed E-state index contributed by atoms with van der Waals surface area (Å²) in [5, 5.41) is 4.46. The molecule has 10 heteroatoms. The lowest BCUT2D eigenvalue weighted by atomic mass is 10.1. The van der Waals surface area contributed by atoms with E-state index in [9.17, 15) is 13.7 Å². The fourth-order valence-electron chi connectivity index (χ4n) is 3.34. The van der Waals surface area contributed by atoms with Crippen molar-refractivity contribution >= 4 is 34.0 Å². The maximum absolute atomic E-state index is 14.9. The van der Waals surface area contributed by atoms with Crippen LogP contribution in [0, 0.1) is 16.5 Å². The molecule has 0 saturated heterocycles. The van der Waals surface area contributed by atoms with Crippen LogP contribution < -0.4 is 16.6 Å². The summed E-state index contributed by atoms with van der Waals surface area (Å²) in [4.78, 5) is 18.9. The van der Waals surface area contributed by atoms with Crippen LogP contribution in [0.15, 0.2) is 59.9 Å². The molecule has 2 heterocycles. The molecule has 0 unspecified atom stereocenters. The minimum Gasteiger partial charge on any atom is -0.396 e. The zero-order valence-corrected chi connectivity index (χ0v) is 17.4. The van der Waals surface area contributed by atoms with Gasteiger partial charge in [0.05, 0.1) is 23.4 Å². The number of nitrogen functional groups attached to an aromatic ring is 1. The SMILES string of the molecule is Nc1ccc(-c2ccc(CN=O)c(Cl)c2)nc1N(N)Cc1c(F)cc2ncccc2c1F. The summed E-state index contributed by atoms with van der Waals surface area (Å²) in [6, 6.07) is 12.5. The lowest BCUT2D eigenvalue weighted by molar-refractivity contribution is 0.558. The van der Waals surface area contributed by atoms with Crippen LogP contribution in [0.5, 0.6) is 0 Å². The molecule has 2 aromatic heterocycles. The molecule has 2 aromatic carbocycles. The van der Waals surface area contributed by atoms with Crippen molar-refractivity contribution in [2.75, 3.05) is 10.7 Å². The Morgan fingerprint density at radius 1 is 1.12 bits per heavy atom. The molecule has 0 spiro atoms. The molecule has 4 N–H and O–H groups in total. The first-order valence-corrected chi connectivity index (χ1v) is 9.85. The Morgan fingerprint density at radius 3 is 2.69 bits per heavy atom. The number of rotatable bonds is 6. The van der Waals surface area contributed by atoms with Crippen LogP contribution in [0.25, 0.3) is 22.2 Å². The van der Waals surface area contributed by atoms with Gasteiger partial charge in [-0.2, -0.15) is 4.91 Å². The molecular weight excluding hydrogens is 438 g/mol. The Balaban J connectivity index is 1.68. The minimum atomic E-state index is -0.773. The predicted molar refractivity (Wildman–Crippen MR) is 121 cm³/mol. The van der Waals surface area contributed by atoms with Gasteiger partial charge in [-0.25, -0.2) is 19.6 Å². The summed E-state index contributed by atoms with van der Waals surface area (Å²) < 4.78 is 29.5. The Hall–Kier alpha value is -3.69. The van der Waals surface area contributed by atoms with Gasteiger partial charge in [-0.3, -0.25) is 9.99 Å². The van der Waals surface area contributed by atoms with E-state index in [-0.39, 0.29) is 41.1 Å². The van der Waals surface area contributed by atoms with Gasteiger partial charge in [0.15, 0.2) is 5.82 Å². The maximum Gasteiger partial charge on any atom is 0.166 e. The molecule has 0 aliphatic heterocycles. The van der Waals surface area contributed by atoms with Crippen LogP contribution in [0.2, 0.25) is 5.02 Å². The third-order valence-corrected chi connectivity index (χ3v) is 5.33. The Morgan fingerprint density at radius 2 is 1.94 bits per heavy atom. The lowest BCUT2D eigenvalue weighted by Crippen LogP contribution is -2.32. The Kier molecular flexibility index (Phi) is 5.93. The van der Waals surface area contributed by atoms with E-state index < -0.39 is 11.6 Å². The van der Waals surface area contributed by atoms with E-state index in [4.69, 9.17) is 23.2 Å². The number of pyridine rings is 2. The highest BCUT2D eigenvalue weighted by Gasteiger charge is 2.19. The molecule has 4 rings (SSSR count). The quantitative estimate of drug-likeness (QED) is 0.242. The fourth-order valence-corrected chi connectivity index (χ4v) is 3.58. The molecule has 0 saturated carbocycles. The second-order valence-corrected chi connectivity index (χ2v) is 7.46. The lowest BCUT2D eigenvalue weighted by Gasteiger charge is -2.21. The normalized spacial score (nSPS) is 11.0. The molecule has 0 aliphatic carbocycles. The first-order valence-electron chi connectivity index (χ1n) is 9.47. The molecule has 0 atom stereocenters. The number of hydrogen-bond donors (Lipinski definition) is 2. The first kappa shape index (κ1) is 21.5. The van der Waals surface area contributed by atoms with Gasteiger partial charge in [0, 0.05) is 33.8 Å². The van der Waals surface area contributed by atoms with Crippen molar-refractivity contribution < 1.29 is 8.78 Å². The van der Waals surface area contributed by atoms with E-state index in [0.29, 0.717) is 21.8 Å². The molecule has 0 bridgehead atoms. The number of nitroso groups, excluding NO2 is 1. The van der Waals surface area contributed by atoms with Crippen LogP contribution in [0.4, 0.5) is 20.3 Å². The number of hydrazine groups is 1. The van der Waals surface area contributed by atoms with Gasteiger partial charge in [-0.15, -0.1) is 0 Å². The maximum atomic E-state index is 14.9. The van der Waals surface area contributed by atoms with Crippen molar-refractivity contribution in [3.8, 4) is 11.3 Å². The molecule has 4 aromatic rings. The van der Waals surface area contributed by atoms with Crippen molar-refractivity contribution in [1.82, 2.24) is 9.97 Å². The van der Waals surface area contributed by atoms with Crippen molar-refractivity contribution in [2.24, 2.45) is 11.0 Å². The van der Waals surface area contributed by atoms with Crippen molar-refractivity contribution in [1.29, 1.82) is 0 Å². The molecule has 0 aliphatic rings. The number of nitrogens with zero attached hydrogens (tertiary/aromatic N) is 4. The number of nitrogens with two attached hydrogens (primary N) is 2. The van der Waals surface area contributed by atoms with Gasteiger partial charge in [0.2, 0.25) is 0 Å². The molecular formula is C22H17ClF2N6O. The van der Waals surface area contributed by atoms with E-state index in [1.165, 1.54) is 12.3 Å². The summed E-state index contributed by atoms with van der Waals surface area (Å²) in [6.07, 6.45) is 1.46. The van der Waals surface area contributed by atoms with E-state index >= 15 is 0 Å². The second-order valence-electron chi connectivity index (χ2n) is 7.05. The largest absolute Gasteiger partial charge is 0.396 e. The number of aromatic nitrogens is 2. The van der Waals surface area contributed by atoms with Gasteiger partial charge in [-0.1, -0.05) is 28.9 Å². The highest BCUT2D eigenvalue weighted by atomic mass is 35.5. The Bertz CT molecular complexity index is 1330. The third-order valence-electron chi connectivity index (χ3n) is 4.98. The van der Waals surface area contributed by atoms with Gasteiger partial charge >= 0.3 is 0 Å². The standard InChI is InChI=1S/C22H17ClF2N6O/c23-16-8-12(3-4-13(16)10-29-32)19-6-5-18(26)22(30-19)31(27)11-15-17(24)9-20-14(21(15)25)2-1-7-28-20/h1-9H,10-11,26-27H2. The molecule has 32 heavy (non-hydrogen) atoms. The zero-order valence-electron chi connectivity index (χ0n) is 16.6. The average Bonchev–Trinajstić information content (AvgIpc) is 2.78. The number of halogens is 3. The smallest absolute Gasteiger partial charge is 0.166 e. The summed E-state index contributed by atoms with van der Waals surface area (Å²) in [7, 11) is 0. The van der Waals surface area contributed by atoms with E-state index in [1.54, 1.807) is 36.4 Å². The van der Waals surface area contributed by atoms with Crippen molar-refractivity contribution in [3.63, 3.8) is 0 Å². The summed E-state index contributed by atoms with van der Waals surface area (Å²) in [5.41, 5.74) is 7.95. The van der Waals surface area contributed by atoms with Crippen LogP contribution in [0.1, 0.15) is 11.1 Å². The zero-order chi connectivity index (χ0) is 22.8. The molecule has 7 nitrogen and oxygen atoms in total. The summed E-state index contributed by atoms with van der Waals surface area (Å²) in [5.74, 6) is 4.74. The summed E-state index contributed by atoms with van der Waals surface area (Å²) in [6.45, 7) is -0.359. The van der Waals surface area contributed by atoms with Crippen LogP contribution >= 0.6 is 11.6 Å². The third kappa shape index (κ3) is 4.08. The predicted octanol–water partition coefficient (Wildman–Crippen LogP) is 4.96. The number of benzene rings is 2. The molecule has 0 fully saturated rings. The molecule has 0 radical (unpaired) electrons.